The molecule has 0 spiro atoms. The highest BCUT2D eigenvalue weighted by Crippen LogP contribution is 2.48. The molecule has 1 aliphatic heterocycles. The van der Waals surface area contributed by atoms with E-state index in [9.17, 15) is 0 Å². The number of hydrogen-bond acceptors (Lipinski definition) is 4. The molecule has 8 aromatic rings. The zero-order valence-electron chi connectivity index (χ0n) is 29.0. The van der Waals surface area contributed by atoms with Crippen molar-refractivity contribution in [3.63, 3.8) is 0 Å². The summed E-state index contributed by atoms with van der Waals surface area (Å²) in [4.78, 5) is 15.3. The van der Waals surface area contributed by atoms with Gasteiger partial charge in [-0.2, -0.15) is 0 Å². The van der Waals surface area contributed by atoms with E-state index in [1.165, 1.54) is 16.7 Å². The maximum atomic E-state index is 6.60. The first-order chi connectivity index (χ1) is 25.5. The fourth-order valence-corrected chi connectivity index (χ4v) is 7.19. The smallest absolute Gasteiger partial charge is 0.164 e. The van der Waals surface area contributed by atoms with Crippen LogP contribution in [-0.4, -0.2) is 30.6 Å². The lowest BCUT2D eigenvalue weighted by atomic mass is 9.58. The minimum Gasteiger partial charge on any atom is -0.500 e. The molecule has 52 heavy (non-hydrogen) atoms. The molecule has 0 unspecified atom stereocenters. The van der Waals surface area contributed by atoms with E-state index in [0.717, 1.165) is 55.8 Å². The summed E-state index contributed by atoms with van der Waals surface area (Å²) in [5.74, 6) is 2.74. The highest BCUT2D eigenvalue weighted by molar-refractivity contribution is 6.40. The van der Waals surface area contributed by atoms with Gasteiger partial charge in [0.25, 0.3) is 0 Å². The lowest BCUT2D eigenvalue weighted by Crippen LogP contribution is -2.37. The van der Waals surface area contributed by atoms with Crippen molar-refractivity contribution < 1.29 is 4.74 Å². The van der Waals surface area contributed by atoms with Crippen molar-refractivity contribution in [1.82, 2.24) is 15.0 Å². The summed E-state index contributed by atoms with van der Waals surface area (Å²) in [5, 5.41) is -0.432. The maximum absolute atomic E-state index is 6.60. The van der Waals surface area contributed by atoms with Crippen LogP contribution >= 0.6 is 0 Å². The molecule has 6 heteroatoms. The van der Waals surface area contributed by atoms with Gasteiger partial charge in [0, 0.05) is 22.3 Å². The molecule has 1 aromatic heterocycles. The van der Waals surface area contributed by atoms with Crippen molar-refractivity contribution in [1.29, 1.82) is 0 Å². The predicted octanol–water partition coefficient (Wildman–Crippen LogP) is 9.31. The molecule has 0 saturated heterocycles. The zero-order valence-corrected chi connectivity index (χ0v) is 29.0. The summed E-state index contributed by atoms with van der Waals surface area (Å²) in [6.45, 7) is 0. The standard InChI is InChI=1S/C46H33B2N3O/c47-46(48)40-22-8-7-20-39(40)42-38(21-11-23-41(42)52-46)35-17-10-19-37(29-35)45-50-43(33-26-24-32(25-27-33)30-12-3-1-4-13-30)49-44(51-45)36-18-9-16-34(28-36)31-14-5-2-6-15-31/h1-29H,47-48H2. The molecule has 0 fully saturated rings. The van der Waals surface area contributed by atoms with Crippen molar-refractivity contribution in [2.75, 3.05) is 0 Å². The second-order valence-electron chi connectivity index (χ2n) is 13.6. The van der Waals surface area contributed by atoms with Gasteiger partial charge in [-0.05, 0) is 62.7 Å². The Hall–Kier alpha value is -6.52. The summed E-state index contributed by atoms with van der Waals surface area (Å²) < 4.78 is 6.60. The third kappa shape index (κ3) is 5.88. The number of fused-ring (bicyclic) bond motifs is 3. The van der Waals surface area contributed by atoms with Gasteiger partial charge in [0.2, 0.25) is 0 Å². The van der Waals surface area contributed by atoms with E-state index in [1.807, 2.05) is 12.1 Å². The van der Waals surface area contributed by atoms with E-state index in [4.69, 9.17) is 19.7 Å². The number of ether oxygens (including phenoxy) is 1. The van der Waals surface area contributed by atoms with Crippen molar-refractivity contribution in [3.05, 3.63) is 181 Å². The van der Waals surface area contributed by atoms with Crippen LogP contribution in [0.2, 0.25) is 0 Å². The molecule has 0 saturated carbocycles. The topological polar surface area (TPSA) is 47.9 Å². The molecule has 0 amide bonds. The number of aromatic nitrogens is 3. The lowest BCUT2D eigenvalue weighted by Gasteiger charge is -2.36. The Bertz CT molecular complexity index is 2570. The quantitative estimate of drug-likeness (QED) is 0.166. The molecule has 4 nitrogen and oxygen atoms in total. The first kappa shape index (κ1) is 31.5. The van der Waals surface area contributed by atoms with Crippen LogP contribution in [0.3, 0.4) is 0 Å². The van der Waals surface area contributed by atoms with Gasteiger partial charge < -0.3 is 4.74 Å². The van der Waals surface area contributed by atoms with E-state index < -0.39 is 5.40 Å². The Labute approximate surface area is 305 Å². The van der Waals surface area contributed by atoms with Crippen molar-refractivity contribution in [3.8, 4) is 84.4 Å². The van der Waals surface area contributed by atoms with E-state index in [-0.39, 0.29) is 0 Å². The molecule has 9 rings (SSSR count). The minimum atomic E-state index is -0.432. The first-order valence-electron chi connectivity index (χ1n) is 17.6. The highest BCUT2D eigenvalue weighted by atomic mass is 16.5. The van der Waals surface area contributed by atoms with Gasteiger partial charge in [0.15, 0.2) is 33.2 Å². The van der Waals surface area contributed by atoms with Crippen LogP contribution in [0.5, 0.6) is 5.75 Å². The number of benzene rings is 7. The molecular weight excluding hydrogens is 632 g/mol. The van der Waals surface area contributed by atoms with Gasteiger partial charge in [0.1, 0.15) is 5.75 Å². The van der Waals surface area contributed by atoms with Crippen LogP contribution in [-0.2, 0) is 5.40 Å². The summed E-state index contributed by atoms with van der Waals surface area (Å²) in [6, 6.07) is 61.0. The normalized spacial score (nSPS) is 12.7. The minimum absolute atomic E-state index is 0.432. The van der Waals surface area contributed by atoms with Gasteiger partial charge in [0.05, 0.1) is 5.40 Å². The molecule has 0 radical (unpaired) electrons. The average molecular weight is 665 g/mol. The molecule has 0 bridgehead atoms. The van der Waals surface area contributed by atoms with Crippen molar-refractivity contribution in [2.24, 2.45) is 0 Å². The van der Waals surface area contributed by atoms with Gasteiger partial charge >= 0.3 is 0 Å². The number of nitrogens with zero attached hydrogens (tertiary/aromatic N) is 3. The molecule has 0 atom stereocenters. The van der Waals surface area contributed by atoms with Crippen molar-refractivity contribution >= 4 is 15.7 Å². The third-order valence-electron chi connectivity index (χ3n) is 9.78. The SMILES string of the molecule is BC1(B)Oc2cccc(-c3cccc(-c4nc(-c5ccc(-c6ccccc6)cc5)nc(-c5cccc(-c6ccccc6)c5)n4)c3)c2-c2ccccc21. The Morgan fingerprint density at radius 1 is 0.365 bits per heavy atom. The first-order valence-corrected chi connectivity index (χ1v) is 17.6. The lowest BCUT2D eigenvalue weighted by molar-refractivity contribution is 0.241. The number of rotatable bonds is 6. The highest BCUT2D eigenvalue weighted by Gasteiger charge is 2.33. The molecule has 7 aromatic carbocycles. The van der Waals surface area contributed by atoms with Crippen LogP contribution in [0, 0.1) is 0 Å². The fraction of sp³-hybridized carbons (Fsp3) is 0.0217. The van der Waals surface area contributed by atoms with Gasteiger partial charge in [-0.25, -0.2) is 15.0 Å². The van der Waals surface area contributed by atoms with Crippen LogP contribution in [0.1, 0.15) is 5.56 Å². The van der Waals surface area contributed by atoms with Gasteiger partial charge in [-0.15, -0.1) is 0 Å². The third-order valence-corrected chi connectivity index (χ3v) is 9.78. The van der Waals surface area contributed by atoms with E-state index in [2.05, 4.69) is 179 Å². The monoisotopic (exact) mass is 665 g/mol. The predicted molar refractivity (Wildman–Crippen MR) is 217 cm³/mol. The van der Waals surface area contributed by atoms with E-state index in [1.54, 1.807) is 0 Å². The number of hydrogen-bond donors (Lipinski definition) is 0. The van der Waals surface area contributed by atoms with Crippen LogP contribution < -0.4 is 4.74 Å². The van der Waals surface area contributed by atoms with Gasteiger partial charge in [-0.1, -0.05) is 158 Å². The maximum Gasteiger partial charge on any atom is 0.164 e. The molecule has 244 valence electrons. The van der Waals surface area contributed by atoms with Crippen LogP contribution in [0.15, 0.2) is 176 Å². The van der Waals surface area contributed by atoms with Crippen molar-refractivity contribution in [2.45, 2.75) is 5.40 Å². The summed E-state index contributed by atoms with van der Waals surface area (Å²) in [7, 11) is 4.26. The fourth-order valence-electron chi connectivity index (χ4n) is 7.19. The largest absolute Gasteiger partial charge is 0.500 e. The Morgan fingerprint density at radius 2 is 0.808 bits per heavy atom. The Kier molecular flexibility index (Phi) is 7.85. The Morgan fingerprint density at radius 3 is 1.48 bits per heavy atom. The summed E-state index contributed by atoms with van der Waals surface area (Å²) in [6.07, 6.45) is 0. The molecule has 0 aliphatic carbocycles. The molecule has 1 aliphatic rings. The van der Waals surface area contributed by atoms with Gasteiger partial charge in [-0.3, -0.25) is 0 Å². The molecular formula is C46H33B2N3O. The second kappa shape index (κ2) is 13.0. The van der Waals surface area contributed by atoms with Crippen LogP contribution in [0.25, 0.3) is 78.7 Å². The average Bonchev–Trinajstić information content (AvgIpc) is 3.21. The zero-order chi connectivity index (χ0) is 35.1. The second-order valence-corrected chi connectivity index (χ2v) is 13.6. The molecule has 0 N–H and O–H groups in total. The Balaban J connectivity index is 1.18. The summed E-state index contributed by atoms with van der Waals surface area (Å²) in [5.41, 5.74) is 12.9. The summed E-state index contributed by atoms with van der Waals surface area (Å²) >= 11 is 0. The van der Waals surface area contributed by atoms with E-state index >= 15 is 0 Å². The molecule has 2 heterocycles. The van der Waals surface area contributed by atoms with Crippen LogP contribution in [0.4, 0.5) is 0 Å². The van der Waals surface area contributed by atoms with E-state index in [0.29, 0.717) is 17.5 Å².